The summed E-state index contributed by atoms with van der Waals surface area (Å²) in [6.45, 7) is 2.46. The lowest BCUT2D eigenvalue weighted by molar-refractivity contribution is -0.116. The van der Waals surface area contributed by atoms with Crippen LogP contribution in [-0.2, 0) is 4.79 Å². The van der Waals surface area contributed by atoms with Crippen molar-refractivity contribution in [1.29, 1.82) is 0 Å². The molecule has 0 aliphatic carbocycles. The van der Waals surface area contributed by atoms with E-state index in [0.717, 1.165) is 10.1 Å². The zero-order valence-electron chi connectivity index (χ0n) is 4.49. The summed E-state index contributed by atoms with van der Waals surface area (Å²) < 4.78 is 0.975. The van der Waals surface area contributed by atoms with Crippen molar-refractivity contribution in [3.05, 3.63) is 10.1 Å². The minimum absolute atomic E-state index is 0.0388. The molecule has 0 fully saturated rings. The summed E-state index contributed by atoms with van der Waals surface area (Å²) >= 11 is 3.24. The third-order valence-electron chi connectivity index (χ3n) is 1.15. The molecular weight excluding hydrogens is 170 g/mol. The lowest BCUT2D eigenvalue weighted by Gasteiger charge is -1.85. The van der Waals surface area contributed by atoms with Gasteiger partial charge in [0.15, 0.2) is 0 Å². The van der Waals surface area contributed by atoms with Crippen LogP contribution in [0.4, 0.5) is 0 Å². The van der Waals surface area contributed by atoms with Crippen molar-refractivity contribution in [1.82, 2.24) is 5.32 Å². The van der Waals surface area contributed by atoms with Gasteiger partial charge in [-0.05, 0) is 6.92 Å². The van der Waals surface area contributed by atoms with Crippen molar-refractivity contribution in [2.24, 2.45) is 0 Å². The molecule has 1 aliphatic rings. The molecule has 3 heteroatoms. The summed E-state index contributed by atoms with van der Waals surface area (Å²) in [5.41, 5.74) is 0.796. The smallest absolute Gasteiger partial charge is 0.248 e. The number of halogens is 1. The Balaban J connectivity index is 2.86. The zero-order valence-corrected chi connectivity index (χ0v) is 6.08. The Morgan fingerprint density at radius 1 is 1.75 bits per heavy atom. The second-order valence-corrected chi connectivity index (χ2v) is 2.67. The van der Waals surface area contributed by atoms with E-state index < -0.39 is 0 Å². The molecule has 1 heterocycles. The number of amides is 1. The monoisotopic (exact) mass is 175 g/mol. The van der Waals surface area contributed by atoms with Crippen molar-refractivity contribution in [2.45, 2.75) is 6.92 Å². The van der Waals surface area contributed by atoms with Crippen LogP contribution >= 0.6 is 15.9 Å². The van der Waals surface area contributed by atoms with Crippen molar-refractivity contribution >= 4 is 21.8 Å². The summed E-state index contributed by atoms with van der Waals surface area (Å²) in [4.78, 5) is 10.6. The Morgan fingerprint density at radius 3 is 2.50 bits per heavy atom. The SMILES string of the molecule is CC1=C(Br)CNC1=O. The minimum atomic E-state index is 0.0388. The topological polar surface area (TPSA) is 29.1 Å². The van der Waals surface area contributed by atoms with E-state index in [1.54, 1.807) is 6.92 Å². The van der Waals surface area contributed by atoms with Crippen molar-refractivity contribution in [3.63, 3.8) is 0 Å². The fraction of sp³-hybridized carbons (Fsp3) is 0.400. The number of rotatable bonds is 0. The third kappa shape index (κ3) is 0.777. The van der Waals surface area contributed by atoms with Crippen LogP contribution in [0.1, 0.15) is 6.92 Å². The summed E-state index contributed by atoms with van der Waals surface area (Å²) in [5.74, 6) is 0.0388. The fourth-order valence-corrected chi connectivity index (χ4v) is 0.866. The van der Waals surface area contributed by atoms with E-state index >= 15 is 0 Å². The van der Waals surface area contributed by atoms with Gasteiger partial charge < -0.3 is 5.32 Å². The van der Waals surface area contributed by atoms with Crippen molar-refractivity contribution in [3.8, 4) is 0 Å². The maximum absolute atomic E-state index is 10.6. The molecule has 44 valence electrons. The van der Waals surface area contributed by atoms with Crippen LogP contribution in [0.2, 0.25) is 0 Å². The largest absolute Gasteiger partial charge is 0.348 e. The van der Waals surface area contributed by atoms with Gasteiger partial charge in [-0.25, -0.2) is 0 Å². The molecule has 0 saturated carbocycles. The van der Waals surface area contributed by atoms with Gasteiger partial charge in [0.1, 0.15) is 0 Å². The molecule has 0 aromatic carbocycles. The summed E-state index contributed by atoms with van der Waals surface area (Å²) in [7, 11) is 0. The first-order valence-electron chi connectivity index (χ1n) is 2.35. The predicted molar refractivity (Wildman–Crippen MR) is 34.6 cm³/mol. The van der Waals surface area contributed by atoms with Crippen LogP contribution in [0.3, 0.4) is 0 Å². The number of carbonyl (C=O) groups excluding carboxylic acids is 1. The summed E-state index contributed by atoms with van der Waals surface area (Å²) in [6.07, 6.45) is 0. The Morgan fingerprint density at radius 2 is 2.38 bits per heavy atom. The first-order valence-corrected chi connectivity index (χ1v) is 3.14. The Bertz CT molecular complexity index is 162. The standard InChI is InChI=1S/C5H6BrNO/c1-3-4(6)2-7-5(3)8/h2H2,1H3,(H,7,8). The molecule has 1 aliphatic heterocycles. The van der Waals surface area contributed by atoms with Crippen LogP contribution in [0.25, 0.3) is 0 Å². The molecule has 1 amide bonds. The fourth-order valence-electron chi connectivity index (χ4n) is 0.546. The summed E-state index contributed by atoms with van der Waals surface area (Å²) in [6, 6.07) is 0. The Labute approximate surface area is 56.1 Å². The molecule has 0 aromatic rings. The Kier molecular flexibility index (Phi) is 1.38. The normalized spacial score (nSPS) is 19.5. The first-order chi connectivity index (χ1) is 3.72. The van der Waals surface area contributed by atoms with Crippen LogP contribution in [0.15, 0.2) is 10.1 Å². The molecule has 0 aromatic heterocycles. The van der Waals surface area contributed by atoms with E-state index in [-0.39, 0.29) is 5.91 Å². The van der Waals surface area contributed by atoms with Crippen LogP contribution in [0, 0.1) is 0 Å². The first kappa shape index (κ1) is 5.82. The molecule has 1 N–H and O–H groups in total. The highest BCUT2D eigenvalue weighted by molar-refractivity contribution is 9.11. The highest BCUT2D eigenvalue weighted by atomic mass is 79.9. The van der Waals surface area contributed by atoms with E-state index in [4.69, 9.17) is 0 Å². The minimum Gasteiger partial charge on any atom is -0.348 e. The molecule has 0 radical (unpaired) electrons. The lowest BCUT2D eigenvalue weighted by Crippen LogP contribution is -2.16. The van der Waals surface area contributed by atoms with Gasteiger partial charge in [-0.1, -0.05) is 15.9 Å². The quantitative estimate of drug-likeness (QED) is 0.580. The molecule has 8 heavy (non-hydrogen) atoms. The molecule has 1 rings (SSSR count). The zero-order chi connectivity index (χ0) is 6.15. The molecule has 0 saturated heterocycles. The summed E-state index contributed by atoms with van der Waals surface area (Å²) in [5, 5.41) is 2.66. The second-order valence-electron chi connectivity index (χ2n) is 1.71. The average molecular weight is 176 g/mol. The van der Waals surface area contributed by atoms with E-state index in [1.165, 1.54) is 0 Å². The number of nitrogens with one attached hydrogen (secondary N) is 1. The van der Waals surface area contributed by atoms with Gasteiger partial charge in [0.2, 0.25) is 5.91 Å². The Hall–Kier alpha value is -0.310. The molecule has 0 spiro atoms. The van der Waals surface area contributed by atoms with E-state index in [9.17, 15) is 4.79 Å². The van der Waals surface area contributed by atoms with E-state index in [0.29, 0.717) is 6.54 Å². The van der Waals surface area contributed by atoms with Gasteiger partial charge in [-0.2, -0.15) is 0 Å². The van der Waals surface area contributed by atoms with E-state index in [2.05, 4.69) is 21.2 Å². The second kappa shape index (κ2) is 1.90. The number of carbonyl (C=O) groups is 1. The van der Waals surface area contributed by atoms with Gasteiger partial charge in [-0.15, -0.1) is 0 Å². The van der Waals surface area contributed by atoms with Crippen molar-refractivity contribution in [2.75, 3.05) is 6.54 Å². The van der Waals surface area contributed by atoms with Crippen LogP contribution in [0.5, 0.6) is 0 Å². The third-order valence-corrected chi connectivity index (χ3v) is 2.03. The molecule has 2 nitrogen and oxygen atoms in total. The van der Waals surface area contributed by atoms with E-state index in [1.807, 2.05) is 0 Å². The average Bonchev–Trinajstić information content (AvgIpc) is 1.98. The van der Waals surface area contributed by atoms with Crippen molar-refractivity contribution < 1.29 is 4.79 Å². The molecule has 0 bridgehead atoms. The molecular formula is C5H6BrNO. The molecule has 0 unspecified atom stereocenters. The van der Waals surface area contributed by atoms with Crippen LogP contribution < -0.4 is 5.32 Å². The van der Waals surface area contributed by atoms with Gasteiger partial charge in [0, 0.05) is 10.1 Å². The lowest BCUT2D eigenvalue weighted by atomic mass is 10.3. The van der Waals surface area contributed by atoms with Gasteiger partial charge in [-0.3, -0.25) is 4.79 Å². The van der Waals surface area contributed by atoms with Gasteiger partial charge >= 0.3 is 0 Å². The predicted octanol–water partition coefficient (Wildman–Crippen LogP) is 0.785. The molecule has 0 atom stereocenters. The highest BCUT2D eigenvalue weighted by Gasteiger charge is 2.14. The number of hydrogen-bond donors (Lipinski definition) is 1. The van der Waals surface area contributed by atoms with Crippen LogP contribution in [-0.4, -0.2) is 12.5 Å². The maximum Gasteiger partial charge on any atom is 0.248 e. The van der Waals surface area contributed by atoms with Gasteiger partial charge in [0.05, 0.1) is 6.54 Å². The van der Waals surface area contributed by atoms with Gasteiger partial charge in [0.25, 0.3) is 0 Å². The number of hydrogen-bond acceptors (Lipinski definition) is 1. The maximum atomic E-state index is 10.6. The highest BCUT2D eigenvalue weighted by Crippen LogP contribution is 2.15.